The molecule has 2 saturated heterocycles. The van der Waals surface area contributed by atoms with E-state index in [0.717, 1.165) is 6.42 Å². The molecule has 0 N–H and O–H groups in total. The zero-order valence-corrected chi connectivity index (χ0v) is 22.0. The quantitative estimate of drug-likeness (QED) is 0.525. The number of amides is 2. The minimum Gasteiger partial charge on any atom is -0.482 e. The molecule has 2 amide bonds. The number of carbonyl (C=O) groups excluding carboxylic acids is 3. The highest BCUT2D eigenvalue weighted by Crippen LogP contribution is 2.36. The molecule has 11 heteroatoms. The first-order valence-corrected chi connectivity index (χ1v) is 14.1. The number of sulfonamides is 1. The number of hydrogen-bond donors (Lipinski definition) is 0. The predicted molar refractivity (Wildman–Crippen MR) is 132 cm³/mol. The molecule has 3 atom stereocenters. The van der Waals surface area contributed by atoms with E-state index in [1.165, 1.54) is 21.3 Å². The fraction of sp³-hybridized carbons (Fsp3) is 0.640. The number of hydrogen-bond acceptors (Lipinski definition) is 7. The highest BCUT2D eigenvalue weighted by Gasteiger charge is 2.36. The van der Waals surface area contributed by atoms with Gasteiger partial charge in [0.05, 0.1) is 23.1 Å². The third kappa shape index (κ3) is 5.51. The molecule has 0 saturated carbocycles. The molecule has 1 aromatic carbocycles. The molecule has 3 heterocycles. The van der Waals surface area contributed by atoms with Crippen molar-refractivity contribution in [2.45, 2.75) is 44.9 Å². The van der Waals surface area contributed by atoms with Crippen molar-refractivity contribution in [3.8, 4) is 5.75 Å². The van der Waals surface area contributed by atoms with Crippen LogP contribution in [0.5, 0.6) is 5.75 Å². The van der Waals surface area contributed by atoms with Crippen LogP contribution in [-0.4, -0.2) is 81.3 Å². The molecule has 0 radical (unpaired) electrons. The van der Waals surface area contributed by atoms with Gasteiger partial charge in [0.1, 0.15) is 12.3 Å². The maximum atomic E-state index is 13.4. The Morgan fingerprint density at radius 1 is 1.14 bits per heavy atom. The molecular formula is C25H35N3O7S. The molecule has 0 aromatic heterocycles. The van der Waals surface area contributed by atoms with E-state index < -0.39 is 15.9 Å². The number of likely N-dealkylation sites (tertiary alicyclic amines) is 1. The van der Waals surface area contributed by atoms with Gasteiger partial charge in [-0.15, -0.1) is 0 Å². The van der Waals surface area contributed by atoms with E-state index in [1.54, 1.807) is 17.9 Å². The molecule has 1 aromatic rings. The minimum absolute atomic E-state index is 0.0682. The lowest BCUT2D eigenvalue weighted by atomic mass is 9.94. The van der Waals surface area contributed by atoms with Crippen molar-refractivity contribution in [1.29, 1.82) is 0 Å². The highest BCUT2D eigenvalue weighted by atomic mass is 32.2. The number of fused-ring (bicyclic) bond motifs is 1. The van der Waals surface area contributed by atoms with Gasteiger partial charge < -0.3 is 14.4 Å². The van der Waals surface area contributed by atoms with Crippen molar-refractivity contribution in [1.82, 2.24) is 9.21 Å². The Kier molecular flexibility index (Phi) is 7.89. The van der Waals surface area contributed by atoms with Gasteiger partial charge in [-0.1, -0.05) is 13.8 Å². The molecule has 3 aliphatic heterocycles. The maximum Gasteiger partial charge on any atom is 0.310 e. The van der Waals surface area contributed by atoms with Crippen LogP contribution in [0.2, 0.25) is 0 Å². The minimum atomic E-state index is -3.78. The Morgan fingerprint density at radius 2 is 1.86 bits per heavy atom. The summed E-state index contributed by atoms with van der Waals surface area (Å²) in [5, 5.41) is 0. The summed E-state index contributed by atoms with van der Waals surface area (Å²) in [5.74, 6) is -0.585. The first-order chi connectivity index (χ1) is 17.1. The third-order valence-electron chi connectivity index (χ3n) is 7.03. The first-order valence-electron chi connectivity index (χ1n) is 12.6. The third-order valence-corrected chi connectivity index (χ3v) is 8.86. The highest BCUT2D eigenvalue weighted by molar-refractivity contribution is 7.89. The van der Waals surface area contributed by atoms with E-state index in [1.807, 2.05) is 13.8 Å². The Bertz CT molecular complexity index is 1110. The number of esters is 1. The van der Waals surface area contributed by atoms with Crippen LogP contribution in [-0.2, 0) is 29.1 Å². The Balaban J connectivity index is 1.54. The van der Waals surface area contributed by atoms with Crippen LogP contribution in [0.4, 0.5) is 5.69 Å². The molecule has 3 aliphatic rings. The fourth-order valence-electron chi connectivity index (χ4n) is 5.36. The zero-order chi connectivity index (χ0) is 26.0. The lowest BCUT2D eigenvalue weighted by Crippen LogP contribution is -2.50. The lowest BCUT2D eigenvalue weighted by Gasteiger charge is -2.35. The van der Waals surface area contributed by atoms with Gasteiger partial charge in [0.2, 0.25) is 15.9 Å². The molecule has 0 aliphatic carbocycles. The van der Waals surface area contributed by atoms with E-state index >= 15 is 0 Å². The van der Waals surface area contributed by atoms with E-state index in [4.69, 9.17) is 9.47 Å². The topological polar surface area (TPSA) is 114 Å². The van der Waals surface area contributed by atoms with Crippen molar-refractivity contribution < 1.29 is 32.3 Å². The van der Waals surface area contributed by atoms with Gasteiger partial charge in [0, 0.05) is 26.2 Å². The summed E-state index contributed by atoms with van der Waals surface area (Å²) in [6.45, 7) is 7.22. The van der Waals surface area contributed by atoms with Gasteiger partial charge >= 0.3 is 5.97 Å². The normalized spacial score (nSPS) is 25.2. The van der Waals surface area contributed by atoms with Crippen molar-refractivity contribution in [2.75, 3.05) is 50.8 Å². The summed E-state index contributed by atoms with van der Waals surface area (Å²) in [5.41, 5.74) is 0.262. The van der Waals surface area contributed by atoms with E-state index in [0.29, 0.717) is 38.2 Å². The SMILES string of the molecule is CCOC(=O)[C@@H]1CCCN(C(=O)CN2C(=O)COc3ccc(S(=O)(=O)N4C[C@H](C)C[C@@H](C)C4)cc32)C1. The number of nitrogens with zero attached hydrogens (tertiary/aromatic N) is 3. The number of rotatable bonds is 6. The number of benzene rings is 1. The standard InChI is InChI=1S/C25H35N3O7S/c1-4-34-25(31)19-6-5-9-26(14-19)23(29)15-28-21-11-20(7-8-22(21)35-16-24(28)30)36(32,33)27-12-17(2)10-18(3)13-27/h7-8,11,17-19H,4-6,9-10,12-16H2,1-3H3/t17-,18-,19-/m1/s1. The molecule has 36 heavy (non-hydrogen) atoms. The molecular weight excluding hydrogens is 486 g/mol. The zero-order valence-electron chi connectivity index (χ0n) is 21.1. The van der Waals surface area contributed by atoms with Crippen molar-refractivity contribution >= 4 is 33.5 Å². The van der Waals surface area contributed by atoms with Crippen LogP contribution in [0.25, 0.3) is 0 Å². The Morgan fingerprint density at radius 3 is 2.56 bits per heavy atom. The van der Waals surface area contributed by atoms with E-state index in [2.05, 4.69) is 0 Å². The summed E-state index contributed by atoms with van der Waals surface area (Å²) in [7, 11) is -3.78. The van der Waals surface area contributed by atoms with Crippen LogP contribution < -0.4 is 9.64 Å². The molecule has 2 fully saturated rings. The maximum absolute atomic E-state index is 13.4. The molecule has 0 unspecified atom stereocenters. The van der Waals surface area contributed by atoms with Crippen molar-refractivity contribution in [3.05, 3.63) is 18.2 Å². The molecule has 4 rings (SSSR count). The van der Waals surface area contributed by atoms with Gasteiger partial charge in [-0.2, -0.15) is 4.31 Å². The second kappa shape index (κ2) is 10.8. The largest absolute Gasteiger partial charge is 0.482 e. The second-order valence-corrected chi connectivity index (χ2v) is 12.0. The number of piperidine rings is 2. The van der Waals surface area contributed by atoms with Gasteiger partial charge in [0.25, 0.3) is 5.91 Å². The van der Waals surface area contributed by atoms with Crippen molar-refractivity contribution in [2.24, 2.45) is 17.8 Å². The average Bonchev–Trinajstić information content (AvgIpc) is 2.85. The monoisotopic (exact) mass is 521 g/mol. The predicted octanol–water partition coefficient (Wildman–Crippen LogP) is 1.88. The number of anilines is 1. The fourth-order valence-corrected chi connectivity index (χ4v) is 7.06. The summed E-state index contributed by atoms with van der Waals surface area (Å²) in [4.78, 5) is 41.0. The summed E-state index contributed by atoms with van der Waals surface area (Å²) in [6.07, 6.45) is 2.29. The van der Waals surface area contributed by atoms with Crippen LogP contribution in [0.15, 0.2) is 23.1 Å². The molecule has 198 valence electrons. The van der Waals surface area contributed by atoms with E-state index in [9.17, 15) is 22.8 Å². The van der Waals surface area contributed by atoms with Crippen LogP contribution in [0.1, 0.15) is 40.0 Å². The van der Waals surface area contributed by atoms with Gasteiger partial charge in [-0.3, -0.25) is 19.3 Å². The van der Waals surface area contributed by atoms with Gasteiger partial charge in [-0.05, 0) is 56.2 Å². The second-order valence-electron chi connectivity index (χ2n) is 10.1. The average molecular weight is 522 g/mol. The lowest BCUT2D eigenvalue weighted by molar-refractivity contribution is -0.151. The Labute approximate surface area is 212 Å². The van der Waals surface area contributed by atoms with Crippen LogP contribution in [0.3, 0.4) is 0 Å². The summed E-state index contributed by atoms with van der Waals surface area (Å²) < 4.78 is 39.0. The van der Waals surface area contributed by atoms with Gasteiger partial charge in [-0.25, -0.2) is 8.42 Å². The van der Waals surface area contributed by atoms with Crippen molar-refractivity contribution in [3.63, 3.8) is 0 Å². The van der Waals surface area contributed by atoms with E-state index in [-0.39, 0.29) is 66.5 Å². The smallest absolute Gasteiger partial charge is 0.310 e. The number of carbonyl (C=O) groups is 3. The van der Waals surface area contributed by atoms with Gasteiger partial charge in [0.15, 0.2) is 6.61 Å². The summed E-state index contributed by atoms with van der Waals surface area (Å²) in [6, 6.07) is 4.46. The summed E-state index contributed by atoms with van der Waals surface area (Å²) >= 11 is 0. The van der Waals surface area contributed by atoms with Crippen LogP contribution >= 0.6 is 0 Å². The number of ether oxygens (including phenoxy) is 2. The Hall–Kier alpha value is -2.66. The van der Waals surface area contributed by atoms with Crippen LogP contribution in [0, 0.1) is 17.8 Å². The molecule has 0 spiro atoms. The molecule has 0 bridgehead atoms. The first kappa shape index (κ1) is 26.4. The molecule has 10 nitrogen and oxygen atoms in total.